The molecule has 0 atom stereocenters. The lowest BCUT2D eigenvalue weighted by atomic mass is 9.81. The van der Waals surface area contributed by atoms with Crippen molar-refractivity contribution in [3.8, 4) is 0 Å². The van der Waals surface area contributed by atoms with Gasteiger partial charge in [0.1, 0.15) is 0 Å². The number of piperidine rings is 1. The molecule has 3 rings (SSSR count). The summed E-state index contributed by atoms with van der Waals surface area (Å²) in [4.78, 5) is 25.8. The van der Waals surface area contributed by atoms with Crippen LogP contribution >= 0.6 is 12.4 Å². The molecule has 2 aliphatic rings. The molecule has 1 saturated heterocycles. The first-order valence-electron chi connectivity index (χ1n) is 8.38. The largest absolute Gasteiger partial charge is 0.351 e. The molecule has 1 aromatic carbocycles. The molecule has 0 saturated carbocycles. The molecule has 0 bridgehead atoms. The van der Waals surface area contributed by atoms with Gasteiger partial charge in [-0.3, -0.25) is 9.59 Å². The van der Waals surface area contributed by atoms with Crippen LogP contribution in [0.2, 0.25) is 0 Å². The summed E-state index contributed by atoms with van der Waals surface area (Å²) < 4.78 is 0. The first kappa shape index (κ1) is 18.7. The van der Waals surface area contributed by atoms with Crippen LogP contribution in [0.15, 0.2) is 18.2 Å². The number of nitrogens with one attached hydrogen (secondary N) is 2. The minimum absolute atomic E-state index is 0. The molecule has 0 unspecified atom stereocenters. The van der Waals surface area contributed by atoms with Gasteiger partial charge in [0.2, 0.25) is 5.91 Å². The smallest absolute Gasteiger partial charge is 0.251 e. The first-order valence-corrected chi connectivity index (χ1v) is 8.38. The number of nitrogens with zero attached hydrogens (tertiary/aromatic N) is 1. The molecule has 2 heterocycles. The standard InChI is InChI=1S/C18H25N3O2.ClH/c1-13(22)21-10-5-14-11-15(3-4-16(14)21)17(23)20-12-18(2)6-8-19-9-7-18;/h3-4,11,19H,5-10,12H2,1-2H3,(H,20,23);1H. The highest BCUT2D eigenvalue weighted by molar-refractivity contribution is 5.97. The average Bonchev–Trinajstić information content (AvgIpc) is 2.96. The summed E-state index contributed by atoms with van der Waals surface area (Å²) in [6.45, 7) is 7.28. The summed E-state index contributed by atoms with van der Waals surface area (Å²) in [5.74, 6) is 0.0358. The van der Waals surface area contributed by atoms with E-state index in [4.69, 9.17) is 0 Å². The number of carbonyl (C=O) groups is 2. The summed E-state index contributed by atoms with van der Waals surface area (Å²) in [6.07, 6.45) is 3.00. The van der Waals surface area contributed by atoms with Crippen LogP contribution < -0.4 is 15.5 Å². The number of benzene rings is 1. The van der Waals surface area contributed by atoms with Gasteiger partial charge in [0.25, 0.3) is 5.91 Å². The number of hydrogen-bond donors (Lipinski definition) is 2. The van der Waals surface area contributed by atoms with Crippen LogP contribution in [0, 0.1) is 5.41 Å². The molecule has 2 aliphatic heterocycles. The summed E-state index contributed by atoms with van der Waals surface area (Å²) in [5.41, 5.74) is 2.90. The van der Waals surface area contributed by atoms with Crippen LogP contribution in [0.1, 0.15) is 42.6 Å². The zero-order chi connectivity index (χ0) is 16.4. The van der Waals surface area contributed by atoms with Crippen molar-refractivity contribution in [2.45, 2.75) is 33.1 Å². The highest BCUT2D eigenvalue weighted by Crippen LogP contribution is 2.29. The minimum Gasteiger partial charge on any atom is -0.351 e. The van der Waals surface area contributed by atoms with Crippen molar-refractivity contribution in [3.63, 3.8) is 0 Å². The monoisotopic (exact) mass is 351 g/mol. The molecular formula is C18H26ClN3O2. The number of amides is 2. The number of fused-ring (bicyclic) bond motifs is 1. The Morgan fingerprint density at radius 2 is 2.00 bits per heavy atom. The van der Waals surface area contributed by atoms with Crippen molar-refractivity contribution < 1.29 is 9.59 Å². The highest BCUT2D eigenvalue weighted by atomic mass is 35.5. The van der Waals surface area contributed by atoms with E-state index < -0.39 is 0 Å². The summed E-state index contributed by atoms with van der Waals surface area (Å²) >= 11 is 0. The van der Waals surface area contributed by atoms with E-state index in [0.717, 1.165) is 43.6 Å². The Balaban J connectivity index is 0.00000208. The van der Waals surface area contributed by atoms with E-state index in [-0.39, 0.29) is 29.6 Å². The Kier molecular flexibility index (Phi) is 5.88. The third-order valence-corrected chi connectivity index (χ3v) is 5.10. The lowest BCUT2D eigenvalue weighted by Crippen LogP contribution is -2.42. The molecule has 2 N–H and O–H groups in total. The van der Waals surface area contributed by atoms with E-state index in [1.165, 1.54) is 0 Å². The fourth-order valence-electron chi connectivity index (χ4n) is 3.47. The Morgan fingerprint density at radius 1 is 1.29 bits per heavy atom. The van der Waals surface area contributed by atoms with E-state index in [2.05, 4.69) is 17.6 Å². The van der Waals surface area contributed by atoms with E-state index in [1.807, 2.05) is 18.2 Å². The van der Waals surface area contributed by atoms with Crippen LogP contribution in [0.3, 0.4) is 0 Å². The predicted octanol–water partition coefficient (Wildman–Crippen LogP) is 2.14. The van der Waals surface area contributed by atoms with E-state index in [9.17, 15) is 9.59 Å². The molecule has 1 fully saturated rings. The average molecular weight is 352 g/mol. The van der Waals surface area contributed by atoms with Crippen LogP contribution in [0.4, 0.5) is 5.69 Å². The van der Waals surface area contributed by atoms with Gasteiger partial charge in [0.05, 0.1) is 0 Å². The molecule has 24 heavy (non-hydrogen) atoms. The molecule has 0 spiro atoms. The predicted molar refractivity (Wildman–Crippen MR) is 98.0 cm³/mol. The summed E-state index contributed by atoms with van der Waals surface area (Å²) in [7, 11) is 0. The topological polar surface area (TPSA) is 61.4 Å². The van der Waals surface area contributed by atoms with Crippen LogP contribution in [0.5, 0.6) is 0 Å². The SMILES string of the molecule is CC(=O)N1CCc2cc(C(=O)NCC3(C)CCNCC3)ccc21.Cl. The van der Waals surface area contributed by atoms with Gasteiger partial charge in [-0.2, -0.15) is 0 Å². The van der Waals surface area contributed by atoms with E-state index in [1.54, 1.807) is 11.8 Å². The fourth-order valence-corrected chi connectivity index (χ4v) is 3.47. The van der Waals surface area contributed by atoms with Gasteiger partial charge in [0.15, 0.2) is 0 Å². The lowest BCUT2D eigenvalue weighted by molar-refractivity contribution is -0.116. The molecule has 1 aromatic rings. The number of hydrogen-bond acceptors (Lipinski definition) is 3. The van der Waals surface area contributed by atoms with E-state index >= 15 is 0 Å². The van der Waals surface area contributed by atoms with Gasteiger partial charge in [-0.25, -0.2) is 0 Å². The minimum atomic E-state index is -0.0196. The molecule has 132 valence electrons. The van der Waals surface area contributed by atoms with Crippen molar-refractivity contribution in [2.24, 2.45) is 5.41 Å². The van der Waals surface area contributed by atoms with Crippen LogP contribution in [-0.2, 0) is 11.2 Å². The number of carbonyl (C=O) groups excluding carboxylic acids is 2. The maximum atomic E-state index is 12.4. The van der Waals surface area contributed by atoms with Crippen molar-refractivity contribution in [2.75, 3.05) is 31.1 Å². The molecular weight excluding hydrogens is 326 g/mol. The molecule has 0 aliphatic carbocycles. The second-order valence-corrected chi connectivity index (χ2v) is 7.01. The van der Waals surface area contributed by atoms with Gasteiger partial charge in [-0.05, 0) is 61.5 Å². The lowest BCUT2D eigenvalue weighted by Gasteiger charge is -2.34. The second kappa shape index (κ2) is 7.53. The molecule has 2 amide bonds. The molecule has 0 aromatic heterocycles. The Hall–Kier alpha value is -1.59. The molecule has 5 nitrogen and oxygen atoms in total. The zero-order valence-corrected chi connectivity index (χ0v) is 15.2. The van der Waals surface area contributed by atoms with E-state index in [0.29, 0.717) is 18.7 Å². The van der Waals surface area contributed by atoms with Crippen LogP contribution in [0.25, 0.3) is 0 Å². The quantitative estimate of drug-likeness (QED) is 0.877. The number of rotatable bonds is 3. The summed E-state index contributed by atoms with van der Waals surface area (Å²) in [6, 6.07) is 5.64. The molecule has 0 radical (unpaired) electrons. The summed E-state index contributed by atoms with van der Waals surface area (Å²) in [5, 5.41) is 6.44. The molecule has 6 heteroatoms. The third-order valence-electron chi connectivity index (χ3n) is 5.10. The number of halogens is 1. The second-order valence-electron chi connectivity index (χ2n) is 7.01. The first-order chi connectivity index (χ1) is 11.0. The number of anilines is 1. The van der Waals surface area contributed by atoms with Gasteiger partial charge in [0, 0.05) is 31.3 Å². The van der Waals surface area contributed by atoms with Crippen molar-refractivity contribution in [1.82, 2.24) is 10.6 Å². The van der Waals surface area contributed by atoms with Gasteiger partial charge < -0.3 is 15.5 Å². The zero-order valence-electron chi connectivity index (χ0n) is 14.4. The maximum Gasteiger partial charge on any atom is 0.251 e. The van der Waals surface area contributed by atoms with Crippen molar-refractivity contribution in [3.05, 3.63) is 29.3 Å². The maximum absolute atomic E-state index is 12.4. The van der Waals surface area contributed by atoms with Crippen LogP contribution in [-0.4, -0.2) is 38.0 Å². The van der Waals surface area contributed by atoms with Crippen molar-refractivity contribution in [1.29, 1.82) is 0 Å². The Labute approximate surface area is 149 Å². The van der Waals surface area contributed by atoms with Crippen molar-refractivity contribution >= 4 is 29.9 Å². The van der Waals surface area contributed by atoms with Gasteiger partial charge >= 0.3 is 0 Å². The van der Waals surface area contributed by atoms with Gasteiger partial charge in [-0.1, -0.05) is 6.92 Å². The third kappa shape index (κ3) is 3.90. The Morgan fingerprint density at radius 3 is 2.67 bits per heavy atom. The normalized spacial score (nSPS) is 18.5. The van der Waals surface area contributed by atoms with Gasteiger partial charge in [-0.15, -0.1) is 12.4 Å². The Bertz CT molecular complexity index is 627. The highest BCUT2D eigenvalue weighted by Gasteiger charge is 2.28. The fraction of sp³-hybridized carbons (Fsp3) is 0.556.